The molecule has 0 aliphatic heterocycles. The van der Waals surface area contributed by atoms with Gasteiger partial charge in [0.25, 0.3) is 0 Å². The number of hydrogen-bond donors (Lipinski definition) is 1. The number of nitrogens with zero attached hydrogens (tertiary/aromatic N) is 2. The van der Waals surface area contributed by atoms with Crippen molar-refractivity contribution in [3.63, 3.8) is 0 Å². The van der Waals surface area contributed by atoms with Crippen LogP contribution in [0.5, 0.6) is 0 Å². The average molecular weight is 279 g/mol. The number of nitrogens with one attached hydrogen (secondary N) is 1. The van der Waals surface area contributed by atoms with E-state index in [1.165, 1.54) is 5.56 Å². The molecule has 4 nitrogen and oxygen atoms in total. The molecule has 0 bridgehead atoms. The predicted octanol–water partition coefficient (Wildman–Crippen LogP) is 2.57. The van der Waals surface area contributed by atoms with Crippen molar-refractivity contribution in [2.75, 3.05) is 38.8 Å². The minimum atomic E-state index is 0.0548. The van der Waals surface area contributed by atoms with E-state index in [0.29, 0.717) is 0 Å². The Morgan fingerprint density at radius 2 is 2.00 bits per heavy atom. The van der Waals surface area contributed by atoms with E-state index in [2.05, 4.69) is 50.2 Å². The molecule has 1 aromatic heterocycles. The van der Waals surface area contributed by atoms with E-state index in [4.69, 9.17) is 9.72 Å². The molecule has 1 heterocycles. The van der Waals surface area contributed by atoms with Gasteiger partial charge in [-0.15, -0.1) is 0 Å². The summed E-state index contributed by atoms with van der Waals surface area (Å²) in [5.41, 5.74) is 2.45. The molecule has 20 heavy (non-hydrogen) atoms. The van der Waals surface area contributed by atoms with Crippen LogP contribution in [0.4, 0.5) is 5.82 Å². The first-order valence-electron chi connectivity index (χ1n) is 7.33. The minimum absolute atomic E-state index is 0.0548. The predicted molar refractivity (Wildman–Crippen MR) is 85.5 cm³/mol. The van der Waals surface area contributed by atoms with Crippen molar-refractivity contribution in [1.29, 1.82) is 0 Å². The molecular weight excluding hydrogens is 250 g/mol. The first kappa shape index (κ1) is 16.9. The van der Waals surface area contributed by atoms with Crippen LogP contribution < -0.4 is 10.2 Å². The second-order valence-electron chi connectivity index (χ2n) is 6.12. The van der Waals surface area contributed by atoms with Gasteiger partial charge in [-0.05, 0) is 31.7 Å². The van der Waals surface area contributed by atoms with Crippen LogP contribution in [0.3, 0.4) is 0 Å². The maximum Gasteiger partial charge on any atom is 0.128 e. The average Bonchev–Trinajstić information content (AvgIpc) is 2.38. The van der Waals surface area contributed by atoms with Gasteiger partial charge in [0.15, 0.2) is 0 Å². The molecule has 0 atom stereocenters. The van der Waals surface area contributed by atoms with E-state index in [0.717, 1.165) is 37.8 Å². The monoisotopic (exact) mass is 279 g/mol. The number of rotatable bonds is 7. The topological polar surface area (TPSA) is 37.4 Å². The van der Waals surface area contributed by atoms with E-state index in [9.17, 15) is 0 Å². The number of pyridine rings is 1. The zero-order valence-corrected chi connectivity index (χ0v) is 13.8. The minimum Gasteiger partial charge on any atom is -0.380 e. The lowest BCUT2D eigenvalue weighted by Crippen LogP contribution is -2.25. The van der Waals surface area contributed by atoms with Crippen LogP contribution in [0.2, 0.25) is 0 Å². The van der Waals surface area contributed by atoms with E-state index >= 15 is 0 Å². The molecule has 0 unspecified atom stereocenters. The van der Waals surface area contributed by atoms with Gasteiger partial charge in [0.2, 0.25) is 0 Å². The van der Waals surface area contributed by atoms with Crippen molar-refractivity contribution >= 4 is 5.82 Å². The van der Waals surface area contributed by atoms with Gasteiger partial charge in [0.05, 0.1) is 6.61 Å². The number of likely N-dealkylation sites (N-methyl/N-ethyl adjacent to an activating group) is 1. The first-order valence-corrected chi connectivity index (χ1v) is 7.33. The van der Waals surface area contributed by atoms with Crippen molar-refractivity contribution in [2.24, 2.45) is 0 Å². The summed E-state index contributed by atoms with van der Waals surface area (Å²) in [4.78, 5) is 6.96. The van der Waals surface area contributed by atoms with Crippen LogP contribution in [-0.4, -0.2) is 38.8 Å². The maximum atomic E-state index is 5.42. The Bertz CT molecular complexity index is 413. The SMILES string of the molecule is CCOCCN(C)c1cc(CNC)cc(C(C)(C)C)n1. The van der Waals surface area contributed by atoms with Gasteiger partial charge >= 0.3 is 0 Å². The van der Waals surface area contributed by atoms with Crippen LogP contribution in [-0.2, 0) is 16.7 Å². The molecule has 0 spiro atoms. The van der Waals surface area contributed by atoms with Crippen LogP contribution in [0.15, 0.2) is 12.1 Å². The summed E-state index contributed by atoms with van der Waals surface area (Å²) in [6.07, 6.45) is 0. The fraction of sp³-hybridized carbons (Fsp3) is 0.688. The summed E-state index contributed by atoms with van der Waals surface area (Å²) in [5.74, 6) is 1.02. The molecule has 0 saturated carbocycles. The molecule has 0 fully saturated rings. The molecule has 0 aliphatic rings. The first-order chi connectivity index (χ1) is 9.38. The second-order valence-corrected chi connectivity index (χ2v) is 6.12. The van der Waals surface area contributed by atoms with Gasteiger partial charge < -0.3 is 15.0 Å². The Labute approximate surface area is 123 Å². The highest BCUT2D eigenvalue weighted by Crippen LogP contribution is 2.24. The quantitative estimate of drug-likeness (QED) is 0.778. The lowest BCUT2D eigenvalue weighted by Gasteiger charge is -2.24. The molecular formula is C16H29N3O. The van der Waals surface area contributed by atoms with Crippen molar-refractivity contribution in [2.45, 2.75) is 39.7 Å². The van der Waals surface area contributed by atoms with Gasteiger partial charge in [-0.25, -0.2) is 4.98 Å². The number of hydrogen-bond acceptors (Lipinski definition) is 4. The summed E-state index contributed by atoms with van der Waals surface area (Å²) in [7, 11) is 4.03. The van der Waals surface area contributed by atoms with E-state index in [1.54, 1.807) is 0 Å². The fourth-order valence-corrected chi connectivity index (χ4v) is 1.92. The third-order valence-corrected chi connectivity index (χ3v) is 3.19. The van der Waals surface area contributed by atoms with E-state index in [-0.39, 0.29) is 5.41 Å². The second kappa shape index (κ2) is 7.60. The zero-order valence-electron chi connectivity index (χ0n) is 13.8. The van der Waals surface area contributed by atoms with E-state index < -0.39 is 0 Å². The molecule has 1 rings (SSSR count). The fourth-order valence-electron chi connectivity index (χ4n) is 1.92. The molecule has 0 aromatic carbocycles. The molecule has 4 heteroatoms. The smallest absolute Gasteiger partial charge is 0.128 e. The molecule has 114 valence electrons. The Morgan fingerprint density at radius 1 is 1.30 bits per heavy atom. The highest BCUT2D eigenvalue weighted by atomic mass is 16.5. The number of ether oxygens (including phenoxy) is 1. The van der Waals surface area contributed by atoms with Crippen molar-refractivity contribution < 1.29 is 4.74 Å². The van der Waals surface area contributed by atoms with Crippen LogP contribution in [0.25, 0.3) is 0 Å². The van der Waals surface area contributed by atoms with Gasteiger partial charge in [0, 0.05) is 37.9 Å². The third kappa shape index (κ3) is 5.10. The maximum absolute atomic E-state index is 5.42. The van der Waals surface area contributed by atoms with Gasteiger partial charge in [-0.3, -0.25) is 0 Å². The van der Waals surface area contributed by atoms with Crippen LogP contribution in [0, 0.1) is 0 Å². The lowest BCUT2D eigenvalue weighted by molar-refractivity contribution is 0.154. The highest BCUT2D eigenvalue weighted by Gasteiger charge is 2.18. The third-order valence-electron chi connectivity index (χ3n) is 3.19. The normalized spacial score (nSPS) is 11.7. The summed E-state index contributed by atoms with van der Waals surface area (Å²) in [5, 5.41) is 3.21. The van der Waals surface area contributed by atoms with Gasteiger partial charge in [-0.1, -0.05) is 20.8 Å². The van der Waals surface area contributed by atoms with Gasteiger partial charge in [-0.2, -0.15) is 0 Å². The van der Waals surface area contributed by atoms with Crippen molar-refractivity contribution in [3.8, 4) is 0 Å². The molecule has 0 saturated heterocycles. The number of anilines is 1. The van der Waals surface area contributed by atoms with Crippen molar-refractivity contribution in [1.82, 2.24) is 10.3 Å². The lowest BCUT2D eigenvalue weighted by atomic mass is 9.90. The standard InChI is InChI=1S/C16H29N3O/c1-7-20-9-8-19(6)15-11-13(12-17-5)10-14(18-15)16(2,3)4/h10-11,17H,7-9,12H2,1-6H3. The van der Waals surface area contributed by atoms with Crippen molar-refractivity contribution in [3.05, 3.63) is 23.4 Å². The molecule has 0 amide bonds. The Hall–Kier alpha value is -1.13. The number of aromatic nitrogens is 1. The Morgan fingerprint density at radius 3 is 2.55 bits per heavy atom. The molecule has 1 N–H and O–H groups in total. The van der Waals surface area contributed by atoms with Crippen LogP contribution in [0.1, 0.15) is 39.0 Å². The summed E-state index contributed by atoms with van der Waals surface area (Å²) in [6, 6.07) is 4.34. The van der Waals surface area contributed by atoms with Crippen LogP contribution >= 0.6 is 0 Å². The summed E-state index contributed by atoms with van der Waals surface area (Å²) >= 11 is 0. The highest BCUT2D eigenvalue weighted by molar-refractivity contribution is 5.43. The Kier molecular flexibility index (Phi) is 6.43. The largest absolute Gasteiger partial charge is 0.380 e. The molecule has 1 aromatic rings. The molecule has 0 aliphatic carbocycles. The Balaban J connectivity index is 2.96. The summed E-state index contributed by atoms with van der Waals surface area (Å²) in [6.45, 7) is 11.8. The van der Waals surface area contributed by atoms with Gasteiger partial charge in [0.1, 0.15) is 5.82 Å². The summed E-state index contributed by atoms with van der Waals surface area (Å²) < 4.78 is 5.42. The zero-order chi connectivity index (χ0) is 15.2. The van der Waals surface area contributed by atoms with E-state index in [1.807, 2.05) is 14.0 Å². The molecule has 0 radical (unpaired) electrons.